The summed E-state index contributed by atoms with van der Waals surface area (Å²) in [7, 11) is 0. The smallest absolute Gasteiger partial charge is 0.230 e. The minimum atomic E-state index is -1.31. The third-order valence-corrected chi connectivity index (χ3v) is 4.24. The first-order valence-corrected chi connectivity index (χ1v) is 6.96. The number of aromatic carboxylic acids is 1. The minimum Gasteiger partial charge on any atom is -0.550 e. The van der Waals surface area contributed by atoms with Crippen LogP contribution in [0.4, 0.5) is 5.69 Å². The topological polar surface area (TPSA) is 119 Å². The first-order chi connectivity index (χ1) is 10.5. The molecule has 2 heterocycles. The van der Waals surface area contributed by atoms with Crippen LogP contribution in [0.2, 0.25) is 0 Å². The van der Waals surface area contributed by atoms with Crippen LogP contribution in [0.25, 0.3) is 0 Å². The fourth-order valence-corrected chi connectivity index (χ4v) is 3.23. The fraction of sp³-hybridized carbons (Fsp3) is 0.400. The normalized spacial score (nSPS) is 29.3. The third kappa shape index (κ3) is 2.43. The molecule has 116 valence electrons. The maximum Gasteiger partial charge on any atom is 0.230 e. The molecule has 1 amide bonds. The van der Waals surface area contributed by atoms with Gasteiger partial charge in [0.2, 0.25) is 5.91 Å². The summed E-state index contributed by atoms with van der Waals surface area (Å²) in [5.74, 6) is -4.77. The number of carboxylic acids is 2. The van der Waals surface area contributed by atoms with Crippen LogP contribution in [0.3, 0.4) is 0 Å². The van der Waals surface area contributed by atoms with Gasteiger partial charge in [0.05, 0.1) is 24.1 Å². The van der Waals surface area contributed by atoms with Gasteiger partial charge < -0.3 is 29.9 Å². The number of carbonyl (C=O) groups is 3. The number of rotatable bonds is 4. The zero-order valence-electron chi connectivity index (χ0n) is 11.5. The number of benzene rings is 1. The molecule has 2 bridgehead atoms. The lowest BCUT2D eigenvalue weighted by molar-refractivity contribution is -0.313. The Morgan fingerprint density at radius 2 is 1.59 bits per heavy atom. The number of hydrogen-bond donors (Lipinski definition) is 1. The Morgan fingerprint density at radius 1 is 1.00 bits per heavy atom. The Hall–Kier alpha value is -2.41. The van der Waals surface area contributed by atoms with E-state index >= 15 is 0 Å². The lowest BCUT2D eigenvalue weighted by atomic mass is 9.78. The second-order valence-electron chi connectivity index (χ2n) is 5.51. The van der Waals surface area contributed by atoms with Crippen LogP contribution < -0.4 is 15.5 Å². The number of aliphatic carboxylic acids is 1. The highest BCUT2D eigenvalue weighted by Gasteiger charge is 2.52. The summed E-state index contributed by atoms with van der Waals surface area (Å²) in [6, 6.07) is 5.45. The van der Waals surface area contributed by atoms with Crippen molar-refractivity contribution in [2.45, 2.75) is 25.0 Å². The van der Waals surface area contributed by atoms with Gasteiger partial charge >= 0.3 is 0 Å². The van der Waals surface area contributed by atoms with E-state index in [-0.39, 0.29) is 5.56 Å². The zero-order valence-corrected chi connectivity index (χ0v) is 11.5. The second kappa shape index (κ2) is 5.42. The monoisotopic (exact) mass is 303 g/mol. The van der Waals surface area contributed by atoms with Crippen LogP contribution in [-0.2, 0) is 14.3 Å². The van der Waals surface area contributed by atoms with Crippen LogP contribution in [0.1, 0.15) is 23.2 Å². The van der Waals surface area contributed by atoms with E-state index in [1.54, 1.807) is 0 Å². The highest BCUT2D eigenvalue weighted by atomic mass is 16.5. The summed E-state index contributed by atoms with van der Waals surface area (Å²) in [4.78, 5) is 34.2. The summed E-state index contributed by atoms with van der Waals surface area (Å²) >= 11 is 0. The second-order valence-corrected chi connectivity index (χ2v) is 5.51. The quantitative estimate of drug-likeness (QED) is 0.725. The zero-order chi connectivity index (χ0) is 15.9. The van der Waals surface area contributed by atoms with Gasteiger partial charge in [-0.3, -0.25) is 4.79 Å². The molecule has 2 fully saturated rings. The van der Waals surface area contributed by atoms with Crippen molar-refractivity contribution in [3.8, 4) is 0 Å². The van der Waals surface area contributed by atoms with Gasteiger partial charge in [-0.15, -0.1) is 0 Å². The van der Waals surface area contributed by atoms with Gasteiger partial charge in [0.25, 0.3) is 0 Å². The van der Waals surface area contributed by atoms with Crippen molar-refractivity contribution in [1.82, 2.24) is 0 Å². The third-order valence-electron chi connectivity index (χ3n) is 4.24. The number of fused-ring (bicyclic) bond motifs is 2. The molecule has 2 aliphatic rings. The van der Waals surface area contributed by atoms with Gasteiger partial charge in [0, 0.05) is 17.6 Å². The molecule has 0 radical (unpaired) electrons. The molecule has 0 aliphatic carbocycles. The molecule has 22 heavy (non-hydrogen) atoms. The molecule has 1 N–H and O–H groups in total. The van der Waals surface area contributed by atoms with Gasteiger partial charge in [-0.2, -0.15) is 0 Å². The van der Waals surface area contributed by atoms with Gasteiger partial charge in [0.1, 0.15) is 0 Å². The molecular formula is C15H13NO6-2. The van der Waals surface area contributed by atoms with Gasteiger partial charge in [0.15, 0.2) is 0 Å². The van der Waals surface area contributed by atoms with Crippen molar-refractivity contribution in [1.29, 1.82) is 0 Å². The number of carbonyl (C=O) groups excluding carboxylic acids is 3. The molecule has 3 rings (SSSR count). The van der Waals surface area contributed by atoms with Crippen molar-refractivity contribution in [2.75, 3.05) is 5.32 Å². The highest BCUT2D eigenvalue weighted by molar-refractivity contribution is 5.96. The maximum atomic E-state index is 12.3. The molecule has 0 saturated carbocycles. The average Bonchev–Trinajstić information content (AvgIpc) is 3.08. The Labute approximate surface area is 125 Å². The van der Waals surface area contributed by atoms with Crippen molar-refractivity contribution < 1.29 is 29.3 Å². The van der Waals surface area contributed by atoms with E-state index in [2.05, 4.69) is 5.32 Å². The Balaban J connectivity index is 1.73. The fourth-order valence-electron chi connectivity index (χ4n) is 3.23. The lowest BCUT2D eigenvalue weighted by Crippen LogP contribution is -2.46. The standard InChI is InChI=1S/C15H15NO6/c17-13(16-8-3-1-7(2-4-8)14(18)19)11-9-5-6-10(22-9)12(11)15(20)21/h1-4,9-12H,5-6H2,(H,16,17)(H,18,19)(H,20,21)/p-2/t9-,10+,11+,12+/m1/s1. The predicted octanol–water partition coefficient (Wildman–Crippen LogP) is -1.47. The van der Waals surface area contributed by atoms with Crippen molar-refractivity contribution in [2.24, 2.45) is 11.8 Å². The first-order valence-electron chi connectivity index (χ1n) is 6.96. The van der Waals surface area contributed by atoms with E-state index in [9.17, 15) is 24.6 Å². The molecule has 7 heteroatoms. The number of ether oxygens (including phenoxy) is 1. The van der Waals surface area contributed by atoms with E-state index in [1.165, 1.54) is 24.3 Å². The number of nitrogens with one attached hydrogen (secondary N) is 1. The van der Waals surface area contributed by atoms with Crippen LogP contribution in [0, 0.1) is 11.8 Å². The summed E-state index contributed by atoms with van der Waals surface area (Å²) in [5.41, 5.74) is 0.378. The van der Waals surface area contributed by atoms with Gasteiger partial charge in [-0.1, -0.05) is 12.1 Å². The van der Waals surface area contributed by atoms with E-state index in [1.807, 2.05) is 0 Å². The first kappa shape index (κ1) is 14.5. The number of carboxylic acid groups (broad SMARTS) is 2. The molecule has 2 saturated heterocycles. The Bertz CT molecular complexity index is 625. The largest absolute Gasteiger partial charge is 0.550 e. The molecule has 0 unspecified atom stereocenters. The van der Waals surface area contributed by atoms with Crippen LogP contribution >= 0.6 is 0 Å². The van der Waals surface area contributed by atoms with Gasteiger partial charge in [-0.25, -0.2) is 0 Å². The lowest BCUT2D eigenvalue weighted by Gasteiger charge is -2.27. The molecule has 1 aromatic carbocycles. The number of anilines is 1. The highest BCUT2D eigenvalue weighted by Crippen LogP contribution is 2.43. The van der Waals surface area contributed by atoms with E-state index in [0.29, 0.717) is 18.5 Å². The molecule has 1 aromatic rings. The van der Waals surface area contributed by atoms with Crippen molar-refractivity contribution in [3.63, 3.8) is 0 Å². The number of hydrogen-bond acceptors (Lipinski definition) is 6. The van der Waals surface area contributed by atoms with Crippen LogP contribution in [-0.4, -0.2) is 30.1 Å². The maximum absolute atomic E-state index is 12.3. The predicted molar refractivity (Wildman–Crippen MR) is 69.3 cm³/mol. The Morgan fingerprint density at radius 3 is 2.14 bits per heavy atom. The average molecular weight is 303 g/mol. The van der Waals surface area contributed by atoms with Crippen molar-refractivity contribution in [3.05, 3.63) is 29.8 Å². The van der Waals surface area contributed by atoms with Crippen molar-refractivity contribution >= 4 is 23.5 Å². The summed E-state index contributed by atoms with van der Waals surface area (Å²) in [5, 5.41) is 24.5. The minimum absolute atomic E-state index is 0.00568. The summed E-state index contributed by atoms with van der Waals surface area (Å²) in [6.45, 7) is 0. The molecule has 7 nitrogen and oxygen atoms in total. The van der Waals surface area contributed by atoms with E-state index in [4.69, 9.17) is 4.74 Å². The van der Waals surface area contributed by atoms with Gasteiger partial charge in [-0.05, 0) is 30.5 Å². The van der Waals surface area contributed by atoms with E-state index < -0.39 is 41.9 Å². The number of amides is 1. The molecule has 0 aromatic heterocycles. The molecular weight excluding hydrogens is 290 g/mol. The Kier molecular flexibility index (Phi) is 3.58. The molecule has 4 atom stereocenters. The summed E-state index contributed by atoms with van der Waals surface area (Å²) in [6.07, 6.45) is 0.394. The van der Waals surface area contributed by atoms with Crippen LogP contribution in [0.5, 0.6) is 0 Å². The molecule has 0 spiro atoms. The molecule has 2 aliphatic heterocycles. The van der Waals surface area contributed by atoms with E-state index in [0.717, 1.165) is 0 Å². The summed E-state index contributed by atoms with van der Waals surface area (Å²) < 4.78 is 5.50. The van der Waals surface area contributed by atoms with Crippen LogP contribution in [0.15, 0.2) is 24.3 Å². The SMILES string of the molecule is O=C([O-])c1ccc(NC(=O)[C@@H]2[C@@H](C(=O)[O-])[C@@H]3CC[C@H]2O3)cc1.